The van der Waals surface area contributed by atoms with Crippen LogP contribution in [-0.4, -0.2) is 83.2 Å². The zero-order valence-corrected chi connectivity index (χ0v) is 18.1. The molecule has 6 nitrogen and oxygen atoms in total. The minimum Gasteiger partial charge on any atom is -0.497 e. The van der Waals surface area contributed by atoms with E-state index >= 15 is 0 Å². The Morgan fingerprint density at radius 1 is 1.03 bits per heavy atom. The first-order valence-electron chi connectivity index (χ1n) is 11.2. The number of carbonyl (C=O) groups is 1. The van der Waals surface area contributed by atoms with Crippen LogP contribution in [-0.2, 0) is 17.8 Å². The monoisotopic (exact) mass is 421 g/mol. The van der Waals surface area contributed by atoms with Crippen LogP contribution >= 0.6 is 0 Å². The predicted molar refractivity (Wildman–Crippen MR) is 119 cm³/mol. The lowest BCUT2D eigenvalue weighted by molar-refractivity contribution is -0.150. The SMILES string of the molecule is COc1ccc(CN2CC3(C2)CN(C(=O)Cc2ccccc2)C[C@H]2C[C@@H](O)CN23)cc1. The van der Waals surface area contributed by atoms with E-state index in [0.29, 0.717) is 6.42 Å². The maximum atomic E-state index is 13.1. The molecular weight excluding hydrogens is 390 g/mol. The molecule has 0 aliphatic carbocycles. The molecule has 3 aliphatic rings. The summed E-state index contributed by atoms with van der Waals surface area (Å²) < 4.78 is 5.26. The molecule has 3 aliphatic heterocycles. The molecule has 1 amide bonds. The Morgan fingerprint density at radius 2 is 1.77 bits per heavy atom. The molecule has 0 radical (unpaired) electrons. The van der Waals surface area contributed by atoms with Gasteiger partial charge in [-0.3, -0.25) is 14.6 Å². The lowest BCUT2D eigenvalue weighted by Gasteiger charge is -2.61. The number of piperazine rings is 1. The summed E-state index contributed by atoms with van der Waals surface area (Å²) in [6.07, 6.45) is 0.915. The van der Waals surface area contributed by atoms with Crippen molar-refractivity contribution in [3.8, 4) is 5.75 Å². The number of benzene rings is 2. The number of hydrogen-bond donors (Lipinski definition) is 1. The third kappa shape index (κ3) is 4.07. The van der Waals surface area contributed by atoms with Gasteiger partial charge < -0.3 is 14.7 Å². The fourth-order valence-electron chi connectivity index (χ4n) is 5.65. The standard InChI is InChI=1S/C25H31N3O3/c1-31-23-9-7-20(8-10-23)13-26-16-25(17-26)18-27(14-21-12-22(29)15-28(21)25)24(30)11-19-5-3-2-4-6-19/h2-10,21-22,29H,11-18H2,1H3/t21-,22-/m1/s1. The largest absolute Gasteiger partial charge is 0.497 e. The van der Waals surface area contributed by atoms with Gasteiger partial charge in [0.15, 0.2) is 0 Å². The van der Waals surface area contributed by atoms with E-state index in [1.54, 1.807) is 7.11 Å². The summed E-state index contributed by atoms with van der Waals surface area (Å²) in [6.45, 7) is 4.95. The number of rotatable bonds is 5. The van der Waals surface area contributed by atoms with Crippen LogP contribution in [0.5, 0.6) is 5.75 Å². The second-order valence-corrected chi connectivity index (χ2v) is 9.35. The molecule has 3 saturated heterocycles. The van der Waals surface area contributed by atoms with Crippen molar-refractivity contribution in [1.29, 1.82) is 0 Å². The number of hydrogen-bond acceptors (Lipinski definition) is 5. The molecule has 0 bridgehead atoms. The number of aliphatic hydroxyl groups is 1. The first-order valence-corrected chi connectivity index (χ1v) is 11.2. The fraction of sp³-hybridized carbons (Fsp3) is 0.480. The van der Waals surface area contributed by atoms with Crippen molar-refractivity contribution in [2.45, 2.75) is 37.1 Å². The van der Waals surface area contributed by atoms with Gasteiger partial charge in [-0.15, -0.1) is 0 Å². The van der Waals surface area contributed by atoms with E-state index < -0.39 is 0 Å². The lowest BCUT2D eigenvalue weighted by atomic mass is 9.83. The van der Waals surface area contributed by atoms with Crippen LogP contribution in [0, 0.1) is 0 Å². The van der Waals surface area contributed by atoms with Gasteiger partial charge in [0.2, 0.25) is 5.91 Å². The van der Waals surface area contributed by atoms with Gasteiger partial charge in [0, 0.05) is 45.3 Å². The van der Waals surface area contributed by atoms with E-state index in [9.17, 15) is 9.90 Å². The second-order valence-electron chi connectivity index (χ2n) is 9.35. The number of likely N-dealkylation sites (tertiary alicyclic amines) is 1. The Labute approximate surface area is 184 Å². The molecule has 3 heterocycles. The van der Waals surface area contributed by atoms with Crippen LogP contribution in [0.4, 0.5) is 0 Å². The number of nitrogens with zero attached hydrogens (tertiary/aromatic N) is 3. The molecule has 3 fully saturated rings. The summed E-state index contributed by atoms with van der Waals surface area (Å²) in [5, 5.41) is 10.4. The van der Waals surface area contributed by atoms with Crippen molar-refractivity contribution in [2.75, 3.05) is 39.8 Å². The minimum absolute atomic E-state index is 0.0424. The number of β-amino-alcohol motifs (C(OH)–C–C–N with tert-alkyl or cyclic N) is 1. The number of ether oxygens (including phenoxy) is 1. The van der Waals surface area contributed by atoms with Crippen molar-refractivity contribution < 1.29 is 14.6 Å². The summed E-state index contributed by atoms with van der Waals surface area (Å²) in [6, 6.07) is 18.5. The van der Waals surface area contributed by atoms with Crippen molar-refractivity contribution in [3.63, 3.8) is 0 Å². The first-order chi connectivity index (χ1) is 15.0. The molecule has 6 heteroatoms. The van der Waals surface area contributed by atoms with Gasteiger partial charge in [-0.25, -0.2) is 0 Å². The first kappa shape index (κ1) is 20.5. The number of fused-ring (bicyclic) bond motifs is 2. The quantitative estimate of drug-likeness (QED) is 0.798. The minimum atomic E-state index is -0.290. The number of amides is 1. The summed E-state index contributed by atoms with van der Waals surface area (Å²) in [7, 11) is 1.68. The van der Waals surface area contributed by atoms with Gasteiger partial charge >= 0.3 is 0 Å². The Morgan fingerprint density at radius 3 is 2.48 bits per heavy atom. The highest BCUT2D eigenvalue weighted by molar-refractivity contribution is 5.79. The molecule has 2 aromatic rings. The fourth-order valence-corrected chi connectivity index (χ4v) is 5.65. The zero-order valence-electron chi connectivity index (χ0n) is 18.1. The Balaban J connectivity index is 1.27. The Bertz CT molecular complexity index is 911. The third-order valence-corrected chi connectivity index (χ3v) is 7.07. The summed E-state index contributed by atoms with van der Waals surface area (Å²) in [5.74, 6) is 1.07. The van der Waals surface area contributed by atoms with Gasteiger partial charge in [0.1, 0.15) is 5.75 Å². The topological polar surface area (TPSA) is 56.3 Å². The summed E-state index contributed by atoms with van der Waals surface area (Å²) in [4.78, 5) is 20.1. The Kier molecular flexibility index (Phi) is 5.46. The van der Waals surface area contributed by atoms with Crippen LogP contribution in [0.25, 0.3) is 0 Å². The van der Waals surface area contributed by atoms with Gasteiger partial charge in [-0.2, -0.15) is 0 Å². The summed E-state index contributed by atoms with van der Waals surface area (Å²) >= 11 is 0. The summed E-state index contributed by atoms with van der Waals surface area (Å²) in [5.41, 5.74) is 2.28. The molecular formula is C25H31N3O3. The number of carbonyl (C=O) groups excluding carboxylic acids is 1. The van der Waals surface area contributed by atoms with Crippen molar-refractivity contribution in [2.24, 2.45) is 0 Å². The van der Waals surface area contributed by atoms with E-state index in [2.05, 4.69) is 26.8 Å². The van der Waals surface area contributed by atoms with E-state index in [0.717, 1.165) is 57.0 Å². The molecule has 1 N–H and O–H groups in total. The van der Waals surface area contributed by atoms with Crippen molar-refractivity contribution >= 4 is 5.91 Å². The van der Waals surface area contributed by atoms with Crippen LogP contribution in [0.15, 0.2) is 54.6 Å². The average molecular weight is 422 g/mol. The van der Waals surface area contributed by atoms with E-state index in [-0.39, 0.29) is 23.6 Å². The zero-order chi connectivity index (χ0) is 21.4. The Hall–Kier alpha value is -2.41. The van der Waals surface area contributed by atoms with Gasteiger partial charge in [0.05, 0.1) is 25.2 Å². The van der Waals surface area contributed by atoms with E-state index in [1.165, 1.54) is 5.56 Å². The van der Waals surface area contributed by atoms with Gasteiger partial charge in [-0.05, 0) is 29.7 Å². The molecule has 5 rings (SSSR count). The molecule has 2 atom stereocenters. The molecule has 1 spiro atoms. The maximum Gasteiger partial charge on any atom is 0.227 e. The second kappa shape index (κ2) is 8.26. The van der Waals surface area contributed by atoms with Gasteiger partial charge in [0.25, 0.3) is 0 Å². The van der Waals surface area contributed by atoms with Crippen molar-refractivity contribution in [1.82, 2.24) is 14.7 Å². The lowest BCUT2D eigenvalue weighted by Crippen LogP contribution is -2.78. The predicted octanol–water partition coefficient (Wildman–Crippen LogP) is 1.77. The normalized spacial score (nSPS) is 25.3. The van der Waals surface area contributed by atoms with Crippen LogP contribution in [0.3, 0.4) is 0 Å². The highest BCUT2D eigenvalue weighted by Gasteiger charge is 2.56. The molecule has 2 aromatic carbocycles. The smallest absolute Gasteiger partial charge is 0.227 e. The van der Waals surface area contributed by atoms with Crippen LogP contribution in [0.2, 0.25) is 0 Å². The highest BCUT2D eigenvalue weighted by Crippen LogP contribution is 2.39. The van der Waals surface area contributed by atoms with Crippen LogP contribution < -0.4 is 4.74 Å². The molecule has 164 valence electrons. The van der Waals surface area contributed by atoms with Gasteiger partial charge in [-0.1, -0.05) is 42.5 Å². The number of methoxy groups -OCH3 is 1. The van der Waals surface area contributed by atoms with Crippen LogP contribution in [0.1, 0.15) is 17.5 Å². The third-order valence-electron chi connectivity index (χ3n) is 7.07. The molecule has 0 saturated carbocycles. The maximum absolute atomic E-state index is 13.1. The van der Waals surface area contributed by atoms with Crippen molar-refractivity contribution in [3.05, 3.63) is 65.7 Å². The number of aliphatic hydroxyl groups excluding tert-OH is 1. The molecule has 31 heavy (non-hydrogen) atoms. The van der Waals surface area contributed by atoms with E-state index in [4.69, 9.17) is 4.74 Å². The highest BCUT2D eigenvalue weighted by atomic mass is 16.5. The van der Waals surface area contributed by atoms with E-state index in [1.807, 2.05) is 42.5 Å². The average Bonchev–Trinajstić information content (AvgIpc) is 3.14. The molecule has 0 unspecified atom stereocenters. The molecule has 0 aromatic heterocycles.